The number of benzene rings is 1. The molecule has 31 heavy (non-hydrogen) atoms. The number of alkyl halides is 3. The molecule has 0 amide bonds. The Bertz CT molecular complexity index is 1150. The number of nitrogens with one attached hydrogen (secondary N) is 2. The Morgan fingerprint density at radius 1 is 1.19 bits per heavy atom. The van der Waals surface area contributed by atoms with Crippen molar-refractivity contribution in [1.29, 1.82) is 5.41 Å². The first kappa shape index (κ1) is 21.6. The monoisotopic (exact) mass is 432 g/mol. The standard InChI is InChI=1S/C19H16F4N8/c20-14-3-1-2-4-15(14)27-9-12(31-26)5-11-6-13(16(30-11)17(24)25)10-7-28-18(29-8-10)19(21,22)23/h1-4,6-9,30H,5,26H2,(H3,24,25). The number of halogens is 4. The molecule has 0 saturated carbocycles. The summed E-state index contributed by atoms with van der Waals surface area (Å²) in [4.78, 5) is 13.6. The summed E-state index contributed by atoms with van der Waals surface area (Å²) in [5.41, 5.74) is 7.18. The van der Waals surface area contributed by atoms with Crippen molar-refractivity contribution in [1.82, 2.24) is 15.0 Å². The second kappa shape index (κ2) is 8.73. The minimum Gasteiger partial charge on any atom is -0.382 e. The van der Waals surface area contributed by atoms with Gasteiger partial charge in [0.2, 0.25) is 5.82 Å². The smallest absolute Gasteiger partial charge is 0.382 e. The summed E-state index contributed by atoms with van der Waals surface area (Å²) in [6.45, 7) is 0. The highest BCUT2D eigenvalue weighted by Crippen LogP contribution is 2.28. The van der Waals surface area contributed by atoms with Crippen molar-refractivity contribution in [2.24, 2.45) is 21.7 Å². The lowest BCUT2D eigenvalue weighted by Crippen LogP contribution is -2.14. The van der Waals surface area contributed by atoms with Crippen molar-refractivity contribution in [2.75, 3.05) is 0 Å². The van der Waals surface area contributed by atoms with Gasteiger partial charge in [0.1, 0.15) is 11.7 Å². The van der Waals surface area contributed by atoms with Crippen LogP contribution in [-0.4, -0.2) is 32.7 Å². The number of hydrogen-bond donors (Lipinski definition) is 4. The fourth-order valence-electron chi connectivity index (χ4n) is 2.68. The van der Waals surface area contributed by atoms with E-state index in [9.17, 15) is 17.6 Å². The molecule has 12 heteroatoms. The van der Waals surface area contributed by atoms with E-state index < -0.39 is 17.8 Å². The Balaban J connectivity index is 1.87. The van der Waals surface area contributed by atoms with Gasteiger partial charge in [-0.3, -0.25) is 10.4 Å². The zero-order valence-corrected chi connectivity index (χ0v) is 15.8. The minimum absolute atomic E-state index is 0.0992. The fourth-order valence-corrected chi connectivity index (χ4v) is 2.68. The summed E-state index contributed by atoms with van der Waals surface area (Å²) in [6.07, 6.45) is -1.29. The van der Waals surface area contributed by atoms with E-state index in [0.29, 0.717) is 11.3 Å². The van der Waals surface area contributed by atoms with E-state index in [-0.39, 0.29) is 34.9 Å². The van der Waals surface area contributed by atoms with Crippen LogP contribution < -0.4 is 11.6 Å². The zero-order valence-electron chi connectivity index (χ0n) is 15.8. The third-order valence-corrected chi connectivity index (χ3v) is 4.10. The number of H-pyrrole nitrogens is 1. The predicted octanol–water partition coefficient (Wildman–Crippen LogP) is 3.17. The number of nitrogens with two attached hydrogens (primary N) is 2. The molecule has 6 N–H and O–H groups in total. The third-order valence-electron chi connectivity index (χ3n) is 4.10. The first-order chi connectivity index (χ1) is 14.7. The van der Waals surface area contributed by atoms with Crippen molar-refractivity contribution < 1.29 is 17.6 Å². The summed E-state index contributed by atoms with van der Waals surface area (Å²) < 4.78 is 51.8. The van der Waals surface area contributed by atoms with Gasteiger partial charge in [0, 0.05) is 35.6 Å². The Labute approximate surface area is 173 Å². The Morgan fingerprint density at radius 2 is 1.87 bits per heavy atom. The van der Waals surface area contributed by atoms with Gasteiger partial charge >= 0.3 is 6.18 Å². The molecule has 0 saturated heterocycles. The number of rotatable bonds is 6. The van der Waals surface area contributed by atoms with Crippen LogP contribution in [0.1, 0.15) is 17.2 Å². The molecule has 2 aromatic heterocycles. The lowest BCUT2D eigenvalue weighted by molar-refractivity contribution is -0.144. The summed E-state index contributed by atoms with van der Waals surface area (Å²) in [5.74, 6) is 3.26. The second-order valence-corrected chi connectivity index (χ2v) is 6.30. The zero-order chi connectivity index (χ0) is 22.6. The van der Waals surface area contributed by atoms with Gasteiger partial charge in [-0.25, -0.2) is 14.4 Å². The number of hydrogen-bond acceptors (Lipinski definition) is 6. The summed E-state index contributed by atoms with van der Waals surface area (Å²) >= 11 is 0. The minimum atomic E-state index is -4.67. The van der Waals surface area contributed by atoms with E-state index in [0.717, 1.165) is 12.4 Å². The molecule has 1 aromatic carbocycles. The van der Waals surface area contributed by atoms with Crippen LogP contribution in [0.25, 0.3) is 11.1 Å². The van der Waals surface area contributed by atoms with Crippen LogP contribution in [0.5, 0.6) is 0 Å². The van der Waals surface area contributed by atoms with Crippen molar-refractivity contribution in [3.8, 4) is 11.1 Å². The molecule has 3 aromatic rings. The van der Waals surface area contributed by atoms with E-state index in [1.165, 1.54) is 24.4 Å². The first-order valence-electron chi connectivity index (χ1n) is 8.70. The summed E-state index contributed by atoms with van der Waals surface area (Å²) in [5, 5.41) is 11.3. The highest BCUT2D eigenvalue weighted by Gasteiger charge is 2.34. The Kier molecular flexibility index (Phi) is 6.09. The van der Waals surface area contributed by atoms with Gasteiger partial charge in [-0.05, 0) is 18.2 Å². The number of para-hydroxylation sites is 1. The molecule has 0 fully saturated rings. The van der Waals surface area contributed by atoms with Gasteiger partial charge in [-0.1, -0.05) is 12.1 Å². The van der Waals surface area contributed by atoms with Crippen LogP contribution in [0.3, 0.4) is 0 Å². The second-order valence-electron chi connectivity index (χ2n) is 6.30. The van der Waals surface area contributed by atoms with Crippen LogP contribution in [0.15, 0.2) is 52.8 Å². The van der Waals surface area contributed by atoms with E-state index in [2.05, 4.69) is 25.0 Å². The Morgan fingerprint density at radius 3 is 2.45 bits per heavy atom. The summed E-state index contributed by atoms with van der Waals surface area (Å²) in [7, 11) is 0. The maximum Gasteiger partial charge on any atom is 0.451 e. The molecule has 0 aliphatic rings. The molecule has 0 spiro atoms. The topological polar surface area (TPSA) is 142 Å². The van der Waals surface area contributed by atoms with Crippen LogP contribution in [-0.2, 0) is 12.6 Å². The third kappa shape index (κ3) is 5.10. The number of nitrogens with zero attached hydrogens (tertiary/aromatic N) is 4. The number of amidine groups is 1. The van der Waals surface area contributed by atoms with Crippen molar-refractivity contribution >= 4 is 23.4 Å². The number of aromatic amines is 1. The highest BCUT2D eigenvalue weighted by molar-refractivity contribution is 6.31. The maximum atomic E-state index is 13.7. The van der Waals surface area contributed by atoms with Crippen molar-refractivity contribution in [3.63, 3.8) is 0 Å². The van der Waals surface area contributed by atoms with Gasteiger partial charge in [0.15, 0.2) is 0 Å². The molecule has 160 valence electrons. The molecule has 0 bridgehead atoms. The molecular weight excluding hydrogens is 416 g/mol. The highest BCUT2D eigenvalue weighted by atomic mass is 19.4. The lowest BCUT2D eigenvalue weighted by Gasteiger charge is -2.05. The molecule has 0 aliphatic carbocycles. The average molecular weight is 432 g/mol. The van der Waals surface area contributed by atoms with Crippen LogP contribution in [0, 0.1) is 11.2 Å². The molecule has 2 heterocycles. The predicted molar refractivity (Wildman–Crippen MR) is 108 cm³/mol. The van der Waals surface area contributed by atoms with E-state index in [1.807, 2.05) is 0 Å². The van der Waals surface area contributed by atoms with E-state index in [1.54, 1.807) is 12.1 Å². The molecular formula is C19H16F4N8. The molecule has 0 radical (unpaired) electrons. The van der Waals surface area contributed by atoms with E-state index >= 15 is 0 Å². The summed E-state index contributed by atoms with van der Waals surface area (Å²) in [6, 6.07) is 7.45. The molecule has 0 aliphatic heterocycles. The Hall–Kier alpha value is -4.09. The average Bonchev–Trinajstić information content (AvgIpc) is 3.16. The van der Waals surface area contributed by atoms with Gasteiger partial charge in [-0.2, -0.15) is 18.3 Å². The first-order valence-corrected chi connectivity index (χ1v) is 8.70. The van der Waals surface area contributed by atoms with Gasteiger partial charge in [-0.15, -0.1) is 0 Å². The van der Waals surface area contributed by atoms with Gasteiger partial charge in [0.25, 0.3) is 0 Å². The quantitative estimate of drug-likeness (QED) is 0.156. The normalized spacial score (nSPS) is 12.5. The lowest BCUT2D eigenvalue weighted by atomic mass is 10.1. The molecule has 0 unspecified atom stereocenters. The number of aliphatic imine (C=N–C) groups is 1. The van der Waals surface area contributed by atoms with Gasteiger partial charge in [0.05, 0.1) is 23.3 Å². The molecule has 3 rings (SSSR count). The van der Waals surface area contributed by atoms with E-state index in [4.69, 9.17) is 17.0 Å². The van der Waals surface area contributed by atoms with Crippen molar-refractivity contribution in [3.05, 3.63) is 65.8 Å². The maximum absolute atomic E-state index is 13.7. The van der Waals surface area contributed by atoms with Crippen LogP contribution in [0.2, 0.25) is 0 Å². The number of aromatic nitrogens is 3. The number of nitrogen functional groups attached to an aromatic ring is 1. The fraction of sp³-hybridized carbons (Fsp3) is 0.105. The number of hydrazone groups is 1. The van der Waals surface area contributed by atoms with Crippen LogP contribution in [0.4, 0.5) is 23.2 Å². The SMILES string of the molecule is N=C(N)c1[nH]c(CC(C=Nc2ccccc2F)=NN)cc1-c1cnc(C(F)(F)F)nc1. The molecule has 8 nitrogen and oxygen atoms in total. The largest absolute Gasteiger partial charge is 0.451 e. The van der Waals surface area contributed by atoms with Crippen LogP contribution >= 0.6 is 0 Å². The van der Waals surface area contributed by atoms with Gasteiger partial charge < -0.3 is 16.6 Å². The molecule has 0 atom stereocenters. The van der Waals surface area contributed by atoms with Crippen molar-refractivity contribution in [2.45, 2.75) is 12.6 Å².